The predicted octanol–water partition coefficient (Wildman–Crippen LogP) is 1.39. The second-order valence-corrected chi connectivity index (χ2v) is 7.05. The Bertz CT molecular complexity index is 541. The highest BCUT2D eigenvalue weighted by atomic mass is 32.2. The number of hydrogen-bond donors (Lipinski definition) is 1. The summed E-state index contributed by atoms with van der Waals surface area (Å²) in [6, 6.07) is 1.85. The zero-order valence-electron chi connectivity index (χ0n) is 8.78. The summed E-state index contributed by atoms with van der Waals surface area (Å²) in [4.78, 5) is 0. The average molecular weight is 246 g/mol. The van der Waals surface area contributed by atoms with Gasteiger partial charge in [0.1, 0.15) is 4.64 Å². The third kappa shape index (κ3) is 1.88. The van der Waals surface area contributed by atoms with E-state index in [9.17, 15) is 8.42 Å². The molecule has 1 unspecified atom stereocenters. The largest absolute Gasteiger partial charge is 0.301 e. The molecule has 1 aliphatic rings. The molecule has 1 fully saturated rings. The summed E-state index contributed by atoms with van der Waals surface area (Å²) in [6.07, 6.45) is 0.629. The molecule has 1 aromatic rings. The van der Waals surface area contributed by atoms with Gasteiger partial charge in [0.2, 0.25) is 0 Å². The lowest BCUT2D eigenvalue weighted by Crippen LogP contribution is -2.32. The van der Waals surface area contributed by atoms with Gasteiger partial charge in [-0.15, -0.1) is 0 Å². The molecular weight excluding hydrogens is 232 g/mol. The summed E-state index contributed by atoms with van der Waals surface area (Å²) in [6.45, 7) is 3.85. The second kappa shape index (κ2) is 3.18. The molecule has 0 radical (unpaired) electrons. The van der Waals surface area contributed by atoms with Gasteiger partial charge in [-0.1, -0.05) is 12.2 Å². The average Bonchev–Trinajstić information content (AvgIpc) is 2.54. The zero-order valence-corrected chi connectivity index (χ0v) is 10.4. The SMILES string of the molecule is Cc1cc(=S)n(C2(C)CCS(=O)(=O)C2)[nH]1. The Balaban J connectivity index is 2.48. The first-order chi connectivity index (χ1) is 6.82. The fourth-order valence-electron chi connectivity index (χ4n) is 2.08. The molecule has 0 aromatic carbocycles. The van der Waals surface area contributed by atoms with Crippen molar-refractivity contribution in [2.75, 3.05) is 11.5 Å². The molecule has 0 aliphatic carbocycles. The maximum absolute atomic E-state index is 11.5. The zero-order chi connectivity index (χ0) is 11.3. The number of nitrogens with one attached hydrogen (secondary N) is 1. The third-order valence-corrected chi connectivity index (χ3v) is 5.06. The molecule has 6 heteroatoms. The van der Waals surface area contributed by atoms with Crippen molar-refractivity contribution in [3.05, 3.63) is 16.4 Å². The van der Waals surface area contributed by atoms with Crippen LogP contribution in [0.5, 0.6) is 0 Å². The fourth-order valence-corrected chi connectivity index (χ4v) is 4.64. The minimum Gasteiger partial charge on any atom is -0.301 e. The van der Waals surface area contributed by atoms with Crippen LogP contribution >= 0.6 is 12.2 Å². The molecule has 1 aromatic heterocycles. The lowest BCUT2D eigenvalue weighted by molar-refractivity contribution is 0.323. The highest BCUT2D eigenvalue weighted by molar-refractivity contribution is 7.91. The Kier molecular flexibility index (Phi) is 2.31. The van der Waals surface area contributed by atoms with Crippen molar-refractivity contribution in [3.8, 4) is 0 Å². The van der Waals surface area contributed by atoms with E-state index in [1.54, 1.807) is 0 Å². The van der Waals surface area contributed by atoms with Gasteiger partial charge in [0.25, 0.3) is 0 Å². The van der Waals surface area contributed by atoms with E-state index in [2.05, 4.69) is 5.10 Å². The van der Waals surface area contributed by atoms with Crippen LogP contribution in [0.1, 0.15) is 19.0 Å². The summed E-state index contributed by atoms with van der Waals surface area (Å²) >= 11 is 5.19. The second-order valence-electron chi connectivity index (χ2n) is 4.45. The molecule has 15 heavy (non-hydrogen) atoms. The van der Waals surface area contributed by atoms with Crippen LogP contribution in [-0.2, 0) is 15.4 Å². The van der Waals surface area contributed by atoms with Gasteiger partial charge in [-0.2, -0.15) is 0 Å². The molecule has 0 spiro atoms. The standard InChI is InChI=1S/C9H14N2O2S2/c1-7-5-8(14)11(10-7)9(2)3-4-15(12,13)6-9/h5,10H,3-4,6H2,1-2H3. The van der Waals surface area contributed by atoms with Gasteiger partial charge in [0.05, 0.1) is 17.0 Å². The van der Waals surface area contributed by atoms with Crippen molar-refractivity contribution in [1.82, 2.24) is 9.78 Å². The van der Waals surface area contributed by atoms with Gasteiger partial charge in [-0.3, -0.25) is 4.68 Å². The molecule has 2 heterocycles. The van der Waals surface area contributed by atoms with Crippen molar-refractivity contribution in [1.29, 1.82) is 0 Å². The topological polar surface area (TPSA) is 54.9 Å². The van der Waals surface area contributed by atoms with Crippen LogP contribution in [0.3, 0.4) is 0 Å². The molecule has 4 nitrogen and oxygen atoms in total. The highest BCUT2D eigenvalue weighted by Crippen LogP contribution is 2.30. The first kappa shape index (κ1) is 10.9. The molecule has 2 rings (SSSR count). The van der Waals surface area contributed by atoms with Gasteiger partial charge in [-0.05, 0) is 26.3 Å². The van der Waals surface area contributed by atoms with Crippen LogP contribution in [0, 0.1) is 11.6 Å². The quantitative estimate of drug-likeness (QED) is 0.762. The minimum atomic E-state index is -2.90. The van der Waals surface area contributed by atoms with Gasteiger partial charge in [0, 0.05) is 5.69 Å². The van der Waals surface area contributed by atoms with Crippen molar-refractivity contribution in [3.63, 3.8) is 0 Å². The number of hydrogen-bond acceptors (Lipinski definition) is 3. The Hall–Kier alpha value is -0.620. The molecule has 1 aliphatic heterocycles. The first-order valence-corrected chi connectivity index (χ1v) is 7.05. The van der Waals surface area contributed by atoms with Crippen LogP contribution in [0.4, 0.5) is 0 Å². The number of nitrogens with zero attached hydrogens (tertiary/aromatic N) is 1. The normalized spacial score (nSPS) is 29.5. The highest BCUT2D eigenvalue weighted by Gasteiger charge is 2.40. The van der Waals surface area contributed by atoms with Gasteiger partial charge in [-0.25, -0.2) is 8.42 Å². The van der Waals surface area contributed by atoms with Crippen LogP contribution < -0.4 is 0 Å². The van der Waals surface area contributed by atoms with E-state index in [-0.39, 0.29) is 11.5 Å². The molecule has 0 amide bonds. The molecule has 1 atom stereocenters. The minimum absolute atomic E-state index is 0.175. The van der Waals surface area contributed by atoms with Crippen molar-refractivity contribution in [2.45, 2.75) is 25.8 Å². The smallest absolute Gasteiger partial charge is 0.152 e. The van der Waals surface area contributed by atoms with Gasteiger partial charge >= 0.3 is 0 Å². The van der Waals surface area contributed by atoms with Crippen LogP contribution in [-0.4, -0.2) is 29.7 Å². The Morgan fingerprint density at radius 2 is 2.27 bits per heavy atom. The molecule has 0 saturated carbocycles. The van der Waals surface area contributed by atoms with E-state index < -0.39 is 15.4 Å². The Labute approximate surface area is 94.2 Å². The van der Waals surface area contributed by atoms with Crippen LogP contribution in [0.2, 0.25) is 0 Å². The van der Waals surface area contributed by atoms with E-state index in [1.165, 1.54) is 0 Å². The molecular formula is C9H14N2O2S2. The van der Waals surface area contributed by atoms with E-state index >= 15 is 0 Å². The summed E-state index contributed by atoms with van der Waals surface area (Å²) in [7, 11) is -2.90. The lowest BCUT2D eigenvalue weighted by atomic mass is 10.0. The summed E-state index contributed by atoms with van der Waals surface area (Å²) in [5.41, 5.74) is 0.565. The van der Waals surface area contributed by atoms with Crippen molar-refractivity contribution < 1.29 is 8.42 Å². The van der Waals surface area contributed by atoms with Gasteiger partial charge < -0.3 is 5.10 Å². The monoisotopic (exact) mass is 246 g/mol. The summed E-state index contributed by atoms with van der Waals surface area (Å²) in [5.74, 6) is 0.428. The van der Waals surface area contributed by atoms with Crippen molar-refractivity contribution >= 4 is 22.1 Å². The van der Waals surface area contributed by atoms with Crippen LogP contribution in [0.25, 0.3) is 0 Å². The molecule has 1 saturated heterocycles. The molecule has 84 valence electrons. The fraction of sp³-hybridized carbons (Fsp3) is 0.667. The van der Waals surface area contributed by atoms with E-state index in [0.717, 1.165) is 5.69 Å². The number of sulfone groups is 1. The number of aromatic nitrogens is 2. The summed E-state index contributed by atoms with van der Waals surface area (Å²) < 4.78 is 25.4. The Morgan fingerprint density at radius 3 is 2.67 bits per heavy atom. The number of rotatable bonds is 1. The maximum atomic E-state index is 11.5. The molecule has 1 N–H and O–H groups in total. The maximum Gasteiger partial charge on any atom is 0.152 e. The number of H-pyrrole nitrogens is 1. The van der Waals surface area contributed by atoms with Crippen LogP contribution in [0.15, 0.2) is 6.07 Å². The third-order valence-electron chi connectivity index (χ3n) is 2.87. The number of aromatic amines is 1. The van der Waals surface area contributed by atoms with E-state index in [0.29, 0.717) is 11.1 Å². The first-order valence-electron chi connectivity index (χ1n) is 4.82. The van der Waals surface area contributed by atoms with Crippen molar-refractivity contribution in [2.24, 2.45) is 0 Å². The molecule has 0 bridgehead atoms. The van der Waals surface area contributed by atoms with E-state index in [4.69, 9.17) is 12.2 Å². The lowest BCUT2D eigenvalue weighted by Gasteiger charge is -2.23. The number of aryl methyl sites for hydroxylation is 1. The summed E-state index contributed by atoms with van der Waals surface area (Å²) in [5, 5.41) is 3.11. The predicted molar refractivity (Wildman–Crippen MR) is 61.3 cm³/mol. The van der Waals surface area contributed by atoms with Gasteiger partial charge in [0.15, 0.2) is 9.84 Å². The Morgan fingerprint density at radius 1 is 1.60 bits per heavy atom. The van der Waals surface area contributed by atoms with E-state index in [1.807, 2.05) is 24.6 Å².